The van der Waals surface area contributed by atoms with Crippen LogP contribution in [0.4, 0.5) is 0 Å². The van der Waals surface area contributed by atoms with Crippen molar-refractivity contribution < 1.29 is 24.6 Å². The number of carbonyl (C=O) groups is 3. The van der Waals surface area contributed by atoms with E-state index in [0.717, 1.165) is 0 Å². The van der Waals surface area contributed by atoms with Gasteiger partial charge in [-0.25, -0.2) is 4.79 Å². The Balaban J connectivity index is 1.77. The van der Waals surface area contributed by atoms with Crippen molar-refractivity contribution in [2.24, 2.45) is 34.2 Å². The lowest BCUT2D eigenvalue weighted by Gasteiger charge is -2.46. The lowest BCUT2D eigenvalue weighted by Crippen LogP contribution is -2.63. The molecule has 0 aliphatic carbocycles. The highest BCUT2D eigenvalue weighted by atomic mass is 16.4. The van der Waals surface area contributed by atoms with Gasteiger partial charge in [-0.05, 0) is 25.5 Å². The number of aliphatic imine (C=N–C) groups is 1. The Morgan fingerprint density at radius 1 is 1.37 bits per heavy atom. The molecule has 6 N–H and O–H groups in total. The monoisotopic (exact) mass is 379 g/mol. The smallest absolute Gasteiger partial charge is 0.352 e. The van der Waals surface area contributed by atoms with Crippen LogP contribution in [-0.4, -0.2) is 75.5 Å². The zero-order chi connectivity index (χ0) is 20.0. The van der Waals surface area contributed by atoms with Crippen LogP contribution in [0.2, 0.25) is 0 Å². The first-order valence-corrected chi connectivity index (χ1v) is 8.96. The summed E-state index contributed by atoms with van der Waals surface area (Å²) in [4.78, 5) is 43.0. The number of amides is 2. The van der Waals surface area contributed by atoms with Crippen molar-refractivity contribution in [3.8, 4) is 0 Å². The number of carboxylic acid groups (broad SMARTS) is 1. The van der Waals surface area contributed by atoms with E-state index in [0.29, 0.717) is 31.6 Å². The Morgan fingerprint density at radius 2 is 2.04 bits per heavy atom. The summed E-state index contributed by atoms with van der Waals surface area (Å²) in [6.45, 7) is 4.81. The molecule has 0 aromatic carbocycles. The molecule has 10 heteroatoms. The van der Waals surface area contributed by atoms with Gasteiger partial charge in [-0.1, -0.05) is 6.92 Å². The van der Waals surface area contributed by atoms with Crippen LogP contribution >= 0.6 is 0 Å². The molecule has 0 aromatic heterocycles. The molecule has 2 saturated heterocycles. The molecule has 148 valence electrons. The van der Waals surface area contributed by atoms with E-state index in [2.05, 4.69) is 4.99 Å². The molecule has 0 aromatic rings. The average molecular weight is 379 g/mol. The largest absolute Gasteiger partial charge is 0.477 e. The van der Waals surface area contributed by atoms with Gasteiger partial charge in [0.15, 0.2) is 5.96 Å². The number of rotatable bonds is 5. The maximum absolute atomic E-state index is 12.3. The molecule has 5 atom stereocenters. The summed E-state index contributed by atoms with van der Waals surface area (Å²) in [6, 6.07) is -0.333. The predicted octanol–water partition coefficient (Wildman–Crippen LogP) is -1.70. The molecular weight excluding hydrogens is 354 g/mol. The van der Waals surface area contributed by atoms with Crippen molar-refractivity contribution in [2.45, 2.75) is 32.4 Å². The third-order valence-electron chi connectivity index (χ3n) is 5.77. The molecule has 3 aliphatic heterocycles. The summed E-state index contributed by atoms with van der Waals surface area (Å²) in [6.07, 6.45) is -0.244. The molecule has 3 aliphatic rings. The van der Waals surface area contributed by atoms with Gasteiger partial charge in [-0.15, -0.1) is 0 Å². The van der Waals surface area contributed by atoms with Gasteiger partial charge in [0.2, 0.25) is 5.91 Å². The van der Waals surface area contributed by atoms with Crippen molar-refractivity contribution >= 4 is 23.7 Å². The van der Waals surface area contributed by atoms with Gasteiger partial charge in [0.05, 0.1) is 24.0 Å². The minimum absolute atomic E-state index is 0.00778. The van der Waals surface area contributed by atoms with E-state index in [4.69, 9.17) is 11.5 Å². The standard InChI is InChI=1S/C17H25N5O5/c1-7-10(6-21-4-3-9(5-21)14(24)20-17(18)19)13(16(26)27)22-12(7)11(8(2)23)15(22)25/h7-9,11-12,23H,3-6H2,1-2H3,(H,26,27)(H4,18,19,20,24)/t7-,8+,9-,11+,12+/m0/s1. The molecule has 0 bridgehead atoms. The van der Waals surface area contributed by atoms with E-state index in [1.165, 1.54) is 4.90 Å². The molecule has 3 rings (SSSR count). The topological polar surface area (TPSA) is 163 Å². The highest BCUT2D eigenvalue weighted by molar-refractivity contribution is 6.00. The van der Waals surface area contributed by atoms with E-state index < -0.39 is 18.0 Å². The lowest BCUT2D eigenvalue weighted by atomic mass is 9.77. The molecule has 27 heavy (non-hydrogen) atoms. The summed E-state index contributed by atoms with van der Waals surface area (Å²) in [7, 11) is 0. The molecule has 10 nitrogen and oxygen atoms in total. The number of β-lactam (4-membered cyclic amide) rings is 1. The van der Waals surface area contributed by atoms with Gasteiger partial charge in [-0.2, -0.15) is 4.99 Å². The number of carbonyl (C=O) groups excluding carboxylic acids is 2. The van der Waals surface area contributed by atoms with Crippen LogP contribution in [0, 0.1) is 17.8 Å². The second-order valence-corrected chi connectivity index (χ2v) is 7.53. The molecule has 0 spiro atoms. The fourth-order valence-electron chi connectivity index (χ4n) is 4.49. The van der Waals surface area contributed by atoms with E-state index in [1.54, 1.807) is 6.92 Å². The summed E-state index contributed by atoms with van der Waals surface area (Å²) in [5.74, 6) is -3.24. The first kappa shape index (κ1) is 19.3. The SMILES string of the molecule is C[C@@H](O)[C@H]1C(=O)N2C(C(=O)O)=C(CN3CC[C@H](C(=O)N=C(N)N)C3)[C@H](C)[C@H]12. The number of carboxylic acids is 1. The molecule has 2 fully saturated rings. The number of hydrogen-bond acceptors (Lipinski definition) is 5. The van der Waals surface area contributed by atoms with Crippen molar-refractivity contribution in [3.63, 3.8) is 0 Å². The van der Waals surface area contributed by atoms with Crippen LogP contribution in [-0.2, 0) is 14.4 Å². The van der Waals surface area contributed by atoms with Crippen molar-refractivity contribution in [3.05, 3.63) is 11.3 Å². The highest BCUT2D eigenvalue weighted by Gasteiger charge is 2.59. The van der Waals surface area contributed by atoms with Gasteiger partial charge in [-0.3, -0.25) is 14.5 Å². The van der Waals surface area contributed by atoms with Gasteiger partial charge in [0, 0.05) is 19.0 Å². The third kappa shape index (κ3) is 3.19. The Morgan fingerprint density at radius 3 is 2.59 bits per heavy atom. The first-order chi connectivity index (χ1) is 12.6. The molecular formula is C17H25N5O5. The van der Waals surface area contributed by atoms with Crippen LogP contribution in [0.1, 0.15) is 20.3 Å². The first-order valence-electron chi connectivity index (χ1n) is 8.96. The second kappa shape index (κ2) is 6.93. The van der Waals surface area contributed by atoms with Gasteiger partial charge < -0.3 is 26.6 Å². The quantitative estimate of drug-likeness (QED) is 0.250. The average Bonchev–Trinajstić information content (AvgIpc) is 3.10. The molecule has 0 radical (unpaired) electrons. The number of aliphatic carboxylic acids is 1. The summed E-state index contributed by atoms with van der Waals surface area (Å²) in [5, 5.41) is 19.5. The van der Waals surface area contributed by atoms with Gasteiger partial charge >= 0.3 is 5.97 Å². The van der Waals surface area contributed by atoms with Crippen molar-refractivity contribution in [1.82, 2.24) is 9.80 Å². The predicted molar refractivity (Wildman–Crippen MR) is 95.0 cm³/mol. The summed E-state index contributed by atoms with van der Waals surface area (Å²) < 4.78 is 0. The summed E-state index contributed by atoms with van der Waals surface area (Å²) >= 11 is 0. The van der Waals surface area contributed by atoms with E-state index in [9.17, 15) is 24.6 Å². The minimum atomic E-state index is -1.15. The number of likely N-dealkylation sites (tertiary alicyclic amines) is 1. The third-order valence-corrected chi connectivity index (χ3v) is 5.77. The molecule has 2 amide bonds. The number of aliphatic hydroxyl groups excluding tert-OH is 1. The Kier molecular flexibility index (Phi) is 4.96. The highest BCUT2D eigenvalue weighted by Crippen LogP contribution is 2.47. The minimum Gasteiger partial charge on any atom is -0.477 e. The van der Waals surface area contributed by atoms with Crippen LogP contribution in [0.5, 0.6) is 0 Å². The van der Waals surface area contributed by atoms with Crippen LogP contribution in [0.15, 0.2) is 16.3 Å². The van der Waals surface area contributed by atoms with Crippen LogP contribution in [0.25, 0.3) is 0 Å². The maximum Gasteiger partial charge on any atom is 0.352 e. The number of aliphatic hydroxyl groups is 1. The van der Waals surface area contributed by atoms with Gasteiger partial charge in [0.25, 0.3) is 5.91 Å². The van der Waals surface area contributed by atoms with Crippen molar-refractivity contribution in [1.29, 1.82) is 0 Å². The Labute approximate surface area is 156 Å². The molecule has 0 unspecified atom stereocenters. The van der Waals surface area contributed by atoms with Crippen LogP contribution < -0.4 is 11.5 Å². The summed E-state index contributed by atoms with van der Waals surface area (Å²) in [5.41, 5.74) is 11.2. The Hall–Kier alpha value is -2.46. The fourth-order valence-corrected chi connectivity index (χ4v) is 4.49. The Bertz CT molecular complexity index is 742. The zero-order valence-electron chi connectivity index (χ0n) is 15.3. The second-order valence-electron chi connectivity index (χ2n) is 7.53. The van der Waals surface area contributed by atoms with Crippen molar-refractivity contribution in [2.75, 3.05) is 19.6 Å². The number of nitrogens with zero attached hydrogens (tertiary/aromatic N) is 3. The fraction of sp³-hybridized carbons (Fsp3) is 0.647. The molecule has 3 heterocycles. The number of nitrogens with two attached hydrogens (primary N) is 2. The van der Waals surface area contributed by atoms with E-state index in [-0.39, 0.29) is 41.3 Å². The van der Waals surface area contributed by atoms with E-state index in [1.807, 2.05) is 11.8 Å². The maximum atomic E-state index is 12.3. The van der Waals surface area contributed by atoms with E-state index >= 15 is 0 Å². The number of guanidine groups is 1. The number of hydrogen-bond donors (Lipinski definition) is 4. The lowest BCUT2D eigenvalue weighted by molar-refractivity contribution is -0.163. The number of fused-ring (bicyclic) bond motifs is 1. The normalized spacial score (nSPS) is 31.5. The molecule has 0 saturated carbocycles. The zero-order valence-corrected chi connectivity index (χ0v) is 15.3. The van der Waals surface area contributed by atoms with Crippen LogP contribution in [0.3, 0.4) is 0 Å². The van der Waals surface area contributed by atoms with Gasteiger partial charge in [0.1, 0.15) is 5.70 Å².